The van der Waals surface area contributed by atoms with Crippen LogP contribution in [0.2, 0.25) is 0 Å². The quantitative estimate of drug-likeness (QED) is 0.242. The van der Waals surface area contributed by atoms with Gasteiger partial charge in [0, 0.05) is 15.8 Å². The van der Waals surface area contributed by atoms with Gasteiger partial charge < -0.3 is 5.32 Å². The summed E-state index contributed by atoms with van der Waals surface area (Å²) >= 11 is 3.50. The Hall–Kier alpha value is -4.14. The third-order valence-electron chi connectivity index (χ3n) is 7.09. The van der Waals surface area contributed by atoms with Gasteiger partial charge in [-0.2, -0.15) is 0 Å². The fourth-order valence-electron chi connectivity index (χ4n) is 5.45. The van der Waals surface area contributed by atoms with Crippen molar-refractivity contribution in [3.63, 3.8) is 0 Å². The van der Waals surface area contributed by atoms with Crippen molar-refractivity contribution in [2.75, 3.05) is 5.32 Å². The van der Waals surface area contributed by atoms with Gasteiger partial charge in [-0.3, -0.25) is 0 Å². The van der Waals surface area contributed by atoms with Crippen molar-refractivity contribution in [1.29, 1.82) is 0 Å². The molecule has 36 heavy (non-hydrogen) atoms. The summed E-state index contributed by atoms with van der Waals surface area (Å²) in [5, 5.41) is 6.16. The van der Waals surface area contributed by atoms with Crippen LogP contribution in [-0.2, 0) is 0 Å². The molecule has 0 amide bonds. The van der Waals surface area contributed by atoms with Crippen LogP contribution in [0.15, 0.2) is 132 Å². The average Bonchev–Trinajstić information content (AvgIpc) is 3.26. The molecule has 0 aromatic heterocycles. The highest BCUT2D eigenvalue weighted by Crippen LogP contribution is 2.49. The van der Waals surface area contributed by atoms with Gasteiger partial charge in [-0.25, -0.2) is 0 Å². The fourth-order valence-corrected chi connectivity index (χ4v) is 5.71. The van der Waals surface area contributed by atoms with Crippen LogP contribution < -0.4 is 5.32 Å². The Morgan fingerprint density at radius 3 is 1.56 bits per heavy atom. The van der Waals surface area contributed by atoms with E-state index in [-0.39, 0.29) is 0 Å². The largest absolute Gasteiger partial charge is 0.356 e. The van der Waals surface area contributed by atoms with Crippen LogP contribution in [0.3, 0.4) is 0 Å². The second-order valence-electron chi connectivity index (χ2n) is 9.19. The summed E-state index contributed by atoms with van der Waals surface area (Å²) in [6, 6.07) is 45.7. The van der Waals surface area contributed by atoms with Crippen LogP contribution in [0, 0.1) is 0 Å². The molecule has 0 saturated heterocycles. The molecule has 0 radical (unpaired) electrons. The summed E-state index contributed by atoms with van der Waals surface area (Å²) < 4.78 is 1.08. The van der Waals surface area contributed by atoms with Crippen molar-refractivity contribution in [3.05, 3.63) is 132 Å². The van der Waals surface area contributed by atoms with E-state index < -0.39 is 0 Å². The first-order chi connectivity index (χ1) is 17.8. The van der Waals surface area contributed by atoms with Crippen molar-refractivity contribution in [2.24, 2.45) is 0 Å². The summed E-state index contributed by atoms with van der Waals surface area (Å²) in [4.78, 5) is 0. The number of rotatable bonds is 4. The third-order valence-corrected chi connectivity index (χ3v) is 7.62. The number of hydrogen-bond donors (Lipinski definition) is 1. The maximum atomic E-state index is 3.50. The Bertz CT molecular complexity index is 1720. The molecule has 1 aliphatic carbocycles. The minimum Gasteiger partial charge on any atom is -0.356 e. The monoisotopic (exact) mass is 523 g/mol. The molecule has 1 aliphatic rings. The van der Waals surface area contributed by atoms with Gasteiger partial charge in [-0.1, -0.05) is 107 Å². The van der Waals surface area contributed by atoms with E-state index in [9.17, 15) is 0 Å². The zero-order valence-electron chi connectivity index (χ0n) is 19.5. The topological polar surface area (TPSA) is 12.0 Å². The molecule has 0 bridgehead atoms. The minimum atomic E-state index is 1.07. The van der Waals surface area contributed by atoms with Crippen LogP contribution in [-0.4, -0.2) is 0 Å². The van der Waals surface area contributed by atoms with Crippen LogP contribution in [0.25, 0.3) is 55.3 Å². The number of halogens is 1. The lowest BCUT2D eigenvalue weighted by molar-refractivity contribution is 1.53. The van der Waals surface area contributed by atoms with E-state index in [1.807, 2.05) is 12.1 Å². The van der Waals surface area contributed by atoms with Crippen LogP contribution in [0.1, 0.15) is 0 Å². The predicted octanol–water partition coefficient (Wildman–Crippen LogP) is 10.3. The van der Waals surface area contributed by atoms with Crippen LogP contribution >= 0.6 is 15.9 Å². The summed E-state index contributed by atoms with van der Waals surface area (Å²) in [5.74, 6) is 0. The van der Waals surface area contributed by atoms with E-state index in [2.05, 4.69) is 137 Å². The van der Waals surface area contributed by atoms with E-state index in [1.165, 1.54) is 55.3 Å². The Morgan fingerprint density at radius 1 is 0.389 bits per heavy atom. The number of hydrogen-bond acceptors (Lipinski definition) is 1. The maximum absolute atomic E-state index is 3.50. The molecular weight excluding hydrogens is 502 g/mol. The van der Waals surface area contributed by atoms with E-state index in [4.69, 9.17) is 0 Å². The summed E-state index contributed by atoms with van der Waals surface area (Å²) in [5.41, 5.74) is 12.4. The molecule has 0 atom stereocenters. The standard InChI is InChI=1S/C34H22BrN/c35-23-14-18-25(19-15-23)36-24-16-12-22(13-17-24)26-6-1-2-7-27(26)30-20-21-33-29-9-4-3-8-28(29)31-10-5-11-32(30)34(31)33/h1-21,36H. The van der Waals surface area contributed by atoms with Gasteiger partial charge in [0.15, 0.2) is 0 Å². The zero-order chi connectivity index (χ0) is 24.1. The lowest BCUT2D eigenvalue weighted by atomic mass is 9.89. The summed E-state index contributed by atoms with van der Waals surface area (Å²) in [6.45, 7) is 0. The van der Waals surface area contributed by atoms with Gasteiger partial charge in [-0.15, -0.1) is 0 Å². The van der Waals surface area contributed by atoms with Gasteiger partial charge in [-0.05, 0) is 91.7 Å². The number of fused-ring (bicyclic) bond motifs is 3. The summed E-state index contributed by atoms with van der Waals surface area (Å²) in [7, 11) is 0. The lowest BCUT2D eigenvalue weighted by Crippen LogP contribution is -1.91. The molecule has 0 fully saturated rings. The average molecular weight is 524 g/mol. The van der Waals surface area contributed by atoms with E-state index in [0.717, 1.165) is 15.8 Å². The molecule has 170 valence electrons. The first kappa shape index (κ1) is 21.2. The van der Waals surface area contributed by atoms with E-state index in [0.29, 0.717) is 0 Å². The highest BCUT2D eigenvalue weighted by molar-refractivity contribution is 9.10. The SMILES string of the molecule is Brc1ccc(Nc2ccc(-c3ccccc3-c3ccc4c5c(cccc35)-c3ccccc3-4)cc2)cc1. The first-order valence-corrected chi connectivity index (χ1v) is 12.9. The third kappa shape index (κ3) is 3.45. The Kier molecular flexibility index (Phi) is 5.00. The Labute approximate surface area is 219 Å². The van der Waals surface area contributed by atoms with Gasteiger partial charge in [0.2, 0.25) is 0 Å². The smallest absolute Gasteiger partial charge is 0.0384 e. The molecule has 7 rings (SSSR count). The molecule has 0 saturated carbocycles. The first-order valence-electron chi connectivity index (χ1n) is 12.1. The second-order valence-corrected chi connectivity index (χ2v) is 10.1. The zero-order valence-corrected chi connectivity index (χ0v) is 21.1. The van der Waals surface area contributed by atoms with Crippen LogP contribution in [0.4, 0.5) is 11.4 Å². The van der Waals surface area contributed by atoms with Gasteiger partial charge in [0.25, 0.3) is 0 Å². The minimum absolute atomic E-state index is 1.07. The maximum Gasteiger partial charge on any atom is 0.0384 e. The molecule has 2 heteroatoms. The van der Waals surface area contributed by atoms with Crippen molar-refractivity contribution in [3.8, 4) is 44.5 Å². The Balaban J connectivity index is 1.31. The molecule has 1 nitrogen and oxygen atoms in total. The molecular formula is C34H22BrN. The van der Waals surface area contributed by atoms with Crippen molar-refractivity contribution < 1.29 is 0 Å². The second kappa shape index (κ2) is 8.51. The van der Waals surface area contributed by atoms with Crippen molar-refractivity contribution in [1.82, 2.24) is 0 Å². The summed E-state index contributed by atoms with van der Waals surface area (Å²) in [6.07, 6.45) is 0. The molecule has 6 aromatic carbocycles. The van der Waals surface area contributed by atoms with Gasteiger partial charge in [0.1, 0.15) is 0 Å². The lowest BCUT2D eigenvalue weighted by Gasteiger charge is -2.15. The van der Waals surface area contributed by atoms with Gasteiger partial charge in [0.05, 0.1) is 0 Å². The molecule has 0 unspecified atom stereocenters. The predicted molar refractivity (Wildman–Crippen MR) is 157 cm³/mol. The van der Waals surface area contributed by atoms with Gasteiger partial charge >= 0.3 is 0 Å². The molecule has 1 N–H and O–H groups in total. The normalized spacial score (nSPS) is 11.5. The molecule has 6 aromatic rings. The van der Waals surface area contributed by atoms with Crippen molar-refractivity contribution in [2.45, 2.75) is 0 Å². The highest BCUT2D eigenvalue weighted by Gasteiger charge is 2.22. The fraction of sp³-hybridized carbons (Fsp3) is 0. The number of benzene rings is 6. The van der Waals surface area contributed by atoms with E-state index >= 15 is 0 Å². The molecule has 0 heterocycles. The Morgan fingerprint density at radius 2 is 0.889 bits per heavy atom. The van der Waals surface area contributed by atoms with Crippen molar-refractivity contribution >= 4 is 38.1 Å². The number of nitrogens with one attached hydrogen (secondary N) is 1. The molecule has 0 spiro atoms. The van der Waals surface area contributed by atoms with Crippen LogP contribution in [0.5, 0.6) is 0 Å². The van der Waals surface area contributed by atoms with E-state index in [1.54, 1.807) is 0 Å². The number of anilines is 2. The molecule has 0 aliphatic heterocycles. The highest BCUT2D eigenvalue weighted by atomic mass is 79.9.